The summed E-state index contributed by atoms with van der Waals surface area (Å²) in [5.74, 6) is 0.833. The minimum atomic E-state index is -0.543. The van der Waals surface area contributed by atoms with Gasteiger partial charge in [-0.15, -0.1) is 0 Å². The van der Waals surface area contributed by atoms with Crippen LogP contribution in [0.3, 0.4) is 0 Å². The lowest BCUT2D eigenvalue weighted by atomic mass is 9.86. The maximum absolute atomic E-state index is 10.3. The first kappa shape index (κ1) is 19.2. The van der Waals surface area contributed by atoms with Crippen molar-refractivity contribution in [3.8, 4) is 5.75 Å². The Labute approximate surface area is 146 Å². The highest BCUT2D eigenvalue weighted by Crippen LogP contribution is 2.27. The SMILES string of the molecule is Cc1cc(C(C)(C)C)ccc1OC[C@H](O)CN1CCCC[C@@H]1CO. The van der Waals surface area contributed by atoms with Crippen LogP contribution >= 0.6 is 0 Å². The van der Waals surface area contributed by atoms with E-state index in [4.69, 9.17) is 4.74 Å². The summed E-state index contributed by atoms with van der Waals surface area (Å²) in [4.78, 5) is 2.19. The molecule has 1 aliphatic rings. The average Bonchev–Trinajstić information content (AvgIpc) is 2.53. The van der Waals surface area contributed by atoms with E-state index in [-0.39, 0.29) is 24.7 Å². The normalized spacial score (nSPS) is 20.8. The van der Waals surface area contributed by atoms with Gasteiger partial charge in [0.2, 0.25) is 0 Å². The Morgan fingerprint density at radius 1 is 1.29 bits per heavy atom. The molecule has 0 saturated carbocycles. The highest BCUT2D eigenvalue weighted by Gasteiger charge is 2.24. The van der Waals surface area contributed by atoms with E-state index in [0.29, 0.717) is 6.54 Å². The molecule has 0 unspecified atom stereocenters. The predicted octanol–water partition coefficient (Wildman–Crippen LogP) is 2.88. The van der Waals surface area contributed by atoms with Crippen LogP contribution in [0.25, 0.3) is 0 Å². The zero-order valence-corrected chi connectivity index (χ0v) is 15.6. The van der Waals surface area contributed by atoms with Crippen LogP contribution in [-0.4, -0.2) is 53.6 Å². The lowest BCUT2D eigenvalue weighted by Crippen LogP contribution is -2.46. The molecule has 4 nitrogen and oxygen atoms in total. The Kier molecular flexibility index (Phi) is 6.67. The van der Waals surface area contributed by atoms with Gasteiger partial charge in [-0.25, -0.2) is 0 Å². The van der Waals surface area contributed by atoms with Gasteiger partial charge in [-0.1, -0.05) is 39.3 Å². The van der Waals surface area contributed by atoms with Crippen LogP contribution in [0.1, 0.15) is 51.2 Å². The first-order chi connectivity index (χ1) is 11.3. The molecular formula is C20H33NO3. The van der Waals surface area contributed by atoms with Crippen LogP contribution in [0.5, 0.6) is 5.75 Å². The maximum atomic E-state index is 10.3. The largest absolute Gasteiger partial charge is 0.491 e. The molecule has 1 fully saturated rings. The van der Waals surface area contributed by atoms with Crippen molar-refractivity contribution in [3.05, 3.63) is 29.3 Å². The number of β-amino-alcohol motifs (C(OH)–C–C–N with tert-alkyl or cyclic N) is 1. The number of likely N-dealkylation sites (tertiary alicyclic amines) is 1. The van der Waals surface area contributed by atoms with Gasteiger partial charge in [-0.2, -0.15) is 0 Å². The van der Waals surface area contributed by atoms with Crippen molar-refractivity contribution in [2.45, 2.75) is 64.5 Å². The molecule has 0 spiro atoms. The van der Waals surface area contributed by atoms with Crippen molar-refractivity contribution in [2.75, 3.05) is 26.3 Å². The molecule has 1 saturated heterocycles. The average molecular weight is 335 g/mol. The number of rotatable bonds is 6. The van der Waals surface area contributed by atoms with E-state index in [1.54, 1.807) is 0 Å². The van der Waals surface area contributed by atoms with Crippen molar-refractivity contribution in [2.24, 2.45) is 0 Å². The summed E-state index contributed by atoms with van der Waals surface area (Å²) in [5, 5.41) is 19.8. The van der Waals surface area contributed by atoms with E-state index in [1.807, 2.05) is 13.0 Å². The van der Waals surface area contributed by atoms with Crippen LogP contribution in [0.15, 0.2) is 18.2 Å². The second kappa shape index (κ2) is 8.32. The van der Waals surface area contributed by atoms with Crippen LogP contribution in [0, 0.1) is 6.92 Å². The molecular weight excluding hydrogens is 302 g/mol. The number of hydrogen-bond donors (Lipinski definition) is 2. The van der Waals surface area contributed by atoms with E-state index < -0.39 is 6.10 Å². The van der Waals surface area contributed by atoms with Crippen molar-refractivity contribution in [1.82, 2.24) is 4.90 Å². The number of aryl methyl sites for hydroxylation is 1. The Morgan fingerprint density at radius 3 is 2.67 bits per heavy atom. The molecule has 136 valence electrons. The number of ether oxygens (including phenoxy) is 1. The lowest BCUT2D eigenvalue weighted by Gasteiger charge is -2.35. The van der Waals surface area contributed by atoms with Gasteiger partial charge >= 0.3 is 0 Å². The Balaban J connectivity index is 1.88. The smallest absolute Gasteiger partial charge is 0.122 e. The molecule has 2 atom stereocenters. The van der Waals surface area contributed by atoms with Crippen LogP contribution < -0.4 is 4.74 Å². The first-order valence-corrected chi connectivity index (χ1v) is 9.08. The molecule has 1 heterocycles. The first-order valence-electron chi connectivity index (χ1n) is 9.08. The topological polar surface area (TPSA) is 52.9 Å². The van der Waals surface area contributed by atoms with Gasteiger partial charge < -0.3 is 14.9 Å². The standard InChI is InChI=1S/C20H33NO3/c1-15-11-16(20(2,3)4)8-9-19(15)24-14-18(23)12-21-10-6-5-7-17(21)13-22/h8-9,11,17-18,22-23H,5-7,10,12-14H2,1-4H3/t17-,18-/m1/s1. The number of aliphatic hydroxyl groups excluding tert-OH is 2. The van der Waals surface area contributed by atoms with Crippen LogP contribution in [0.4, 0.5) is 0 Å². The molecule has 1 aromatic rings. The third-order valence-electron chi connectivity index (χ3n) is 4.88. The quantitative estimate of drug-likeness (QED) is 0.839. The van der Waals surface area contributed by atoms with Gasteiger partial charge in [-0.05, 0) is 48.9 Å². The summed E-state index contributed by atoms with van der Waals surface area (Å²) in [7, 11) is 0. The van der Waals surface area contributed by atoms with E-state index >= 15 is 0 Å². The minimum absolute atomic E-state index is 0.121. The van der Waals surface area contributed by atoms with E-state index in [0.717, 1.165) is 37.1 Å². The highest BCUT2D eigenvalue weighted by molar-refractivity contribution is 5.38. The molecule has 0 amide bonds. The fourth-order valence-corrected chi connectivity index (χ4v) is 3.29. The van der Waals surface area contributed by atoms with Crippen molar-refractivity contribution in [1.29, 1.82) is 0 Å². The molecule has 1 aromatic carbocycles. The van der Waals surface area contributed by atoms with Gasteiger partial charge in [0.15, 0.2) is 0 Å². The Bertz CT molecular complexity index is 524. The fourth-order valence-electron chi connectivity index (χ4n) is 3.29. The van der Waals surface area contributed by atoms with Gasteiger partial charge in [0.1, 0.15) is 18.5 Å². The third kappa shape index (κ3) is 5.20. The van der Waals surface area contributed by atoms with Crippen molar-refractivity contribution < 1.29 is 14.9 Å². The molecule has 2 rings (SSSR count). The van der Waals surface area contributed by atoms with E-state index in [2.05, 4.69) is 37.8 Å². The molecule has 4 heteroatoms. The zero-order chi connectivity index (χ0) is 17.7. The Hall–Kier alpha value is -1.10. The molecule has 0 bridgehead atoms. The number of benzene rings is 1. The number of aliphatic hydroxyl groups is 2. The molecule has 0 aromatic heterocycles. The van der Waals surface area contributed by atoms with Crippen LogP contribution in [0.2, 0.25) is 0 Å². The summed E-state index contributed by atoms with van der Waals surface area (Å²) in [6, 6.07) is 6.44. The number of nitrogens with zero attached hydrogens (tertiary/aromatic N) is 1. The summed E-state index contributed by atoms with van der Waals surface area (Å²) >= 11 is 0. The number of hydrogen-bond acceptors (Lipinski definition) is 4. The van der Waals surface area contributed by atoms with Crippen molar-refractivity contribution >= 4 is 0 Å². The maximum Gasteiger partial charge on any atom is 0.122 e. The van der Waals surface area contributed by atoms with Gasteiger partial charge in [0, 0.05) is 12.6 Å². The Morgan fingerprint density at radius 2 is 2.04 bits per heavy atom. The second-order valence-corrected chi connectivity index (χ2v) is 8.02. The lowest BCUT2D eigenvalue weighted by molar-refractivity contribution is 0.0231. The molecule has 1 aliphatic heterocycles. The molecule has 0 aliphatic carbocycles. The molecule has 24 heavy (non-hydrogen) atoms. The fraction of sp³-hybridized carbons (Fsp3) is 0.700. The molecule has 0 radical (unpaired) electrons. The van der Waals surface area contributed by atoms with Crippen molar-refractivity contribution in [3.63, 3.8) is 0 Å². The monoisotopic (exact) mass is 335 g/mol. The summed E-state index contributed by atoms with van der Waals surface area (Å²) in [6.07, 6.45) is 2.77. The van der Waals surface area contributed by atoms with Gasteiger partial charge in [-0.3, -0.25) is 4.90 Å². The van der Waals surface area contributed by atoms with Gasteiger partial charge in [0.25, 0.3) is 0 Å². The second-order valence-electron chi connectivity index (χ2n) is 8.02. The minimum Gasteiger partial charge on any atom is -0.491 e. The third-order valence-corrected chi connectivity index (χ3v) is 4.88. The highest BCUT2D eigenvalue weighted by atomic mass is 16.5. The van der Waals surface area contributed by atoms with E-state index in [9.17, 15) is 10.2 Å². The molecule has 2 N–H and O–H groups in total. The predicted molar refractivity (Wildman–Crippen MR) is 97.7 cm³/mol. The summed E-state index contributed by atoms with van der Waals surface area (Å²) in [6.45, 7) is 10.6. The van der Waals surface area contributed by atoms with Crippen LogP contribution in [-0.2, 0) is 5.41 Å². The van der Waals surface area contributed by atoms with Gasteiger partial charge in [0.05, 0.1) is 6.61 Å². The summed E-state index contributed by atoms with van der Waals surface area (Å²) in [5.41, 5.74) is 2.50. The zero-order valence-electron chi connectivity index (χ0n) is 15.6. The summed E-state index contributed by atoms with van der Waals surface area (Å²) < 4.78 is 5.84. The van der Waals surface area contributed by atoms with E-state index in [1.165, 1.54) is 5.56 Å². The number of piperidine rings is 1.